The Labute approximate surface area is 87.5 Å². The molecule has 5 heteroatoms. The molecule has 0 aliphatic heterocycles. The third-order valence-electron chi connectivity index (χ3n) is 2.66. The first kappa shape index (κ1) is 9.86. The van der Waals surface area contributed by atoms with Crippen LogP contribution in [0.1, 0.15) is 25.1 Å². The quantitative estimate of drug-likeness (QED) is 0.797. The molecule has 1 aliphatic carbocycles. The van der Waals surface area contributed by atoms with E-state index in [2.05, 4.69) is 14.7 Å². The topological polar surface area (TPSA) is 58.0 Å². The maximum absolute atomic E-state index is 9.60. The predicted molar refractivity (Wildman–Crippen MR) is 56.5 cm³/mol. The number of hydrogen-bond acceptors (Lipinski definition) is 5. The smallest absolute Gasteiger partial charge is 0.202 e. The second-order valence-corrected chi connectivity index (χ2v) is 4.54. The maximum Gasteiger partial charge on any atom is 0.202 e. The zero-order valence-electron chi connectivity index (χ0n) is 8.23. The van der Waals surface area contributed by atoms with E-state index in [9.17, 15) is 5.11 Å². The van der Waals surface area contributed by atoms with Crippen molar-refractivity contribution in [3.05, 3.63) is 5.82 Å². The van der Waals surface area contributed by atoms with E-state index in [0.717, 1.165) is 36.8 Å². The molecule has 0 bridgehead atoms. The second-order valence-electron chi connectivity index (χ2n) is 3.79. The number of anilines is 1. The van der Waals surface area contributed by atoms with Crippen molar-refractivity contribution in [2.24, 2.45) is 5.92 Å². The molecule has 2 N–H and O–H groups in total. The molecule has 14 heavy (non-hydrogen) atoms. The summed E-state index contributed by atoms with van der Waals surface area (Å²) >= 11 is 1.38. The zero-order valence-corrected chi connectivity index (χ0v) is 9.05. The lowest BCUT2D eigenvalue weighted by atomic mass is 10.1. The summed E-state index contributed by atoms with van der Waals surface area (Å²) in [5.74, 6) is 1.20. The predicted octanol–water partition coefficient (Wildman–Crippen LogP) is 1.42. The fraction of sp³-hybridized carbons (Fsp3) is 0.778. The van der Waals surface area contributed by atoms with Crippen molar-refractivity contribution in [1.29, 1.82) is 0 Å². The molecular formula is C9H15N3OS. The molecule has 1 aromatic heterocycles. The number of nitrogens with one attached hydrogen (secondary N) is 1. The average Bonchev–Trinajstić information content (AvgIpc) is 2.72. The Morgan fingerprint density at radius 2 is 2.43 bits per heavy atom. The molecule has 2 atom stereocenters. The molecule has 1 heterocycles. The Kier molecular flexibility index (Phi) is 2.98. The average molecular weight is 213 g/mol. The van der Waals surface area contributed by atoms with E-state index in [1.165, 1.54) is 11.5 Å². The minimum absolute atomic E-state index is 0.128. The largest absolute Gasteiger partial charge is 0.393 e. The molecule has 4 nitrogen and oxygen atoms in total. The zero-order chi connectivity index (χ0) is 9.97. The van der Waals surface area contributed by atoms with Crippen LogP contribution in [0.3, 0.4) is 0 Å². The molecule has 1 saturated carbocycles. The third kappa shape index (κ3) is 2.22. The van der Waals surface area contributed by atoms with Crippen LogP contribution >= 0.6 is 11.5 Å². The highest BCUT2D eigenvalue weighted by molar-refractivity contribution is 7.09. The summed E-state index contributed by atoms with van der Waals surface area (Å²) in [7, 11) is 0. The maximum atomic E-state index is 9.60. The second kappa shape index (κ2) is 4.23. The van der Waals surface area contributed by atoms with E-state index < -0.39 is 0 Å². The third-order valence-corrected chi connectivity index (χ3v) is 3.43. The molecule has 1 aromatic rings. The van der Waals surface area contributed by atoms with Gasteiger partial charge in [-0.3, -0.25) is 0 Å². The van der Waals surface area contributed by atoms with Crippen molar-refractivity contribution in [2.45, 2.75) is 32.3 Å². The highest BCUT2D eigenvalue weighted by Gasteiger charge is 2.24. The number of nitrogens with zero attached hydrogens (tertiary/aromatic N) is 2. The van der Waals surface area contributed by atoms with Crippen molar-refractivity contribution in [3.8, 4) is 0 Å². The Balaban J connectivity index is 1.82. The van der Waals surface area contributed by atoms with Gasteiger partial charge in [-0.05, 0) is 19.8 Å². The standard InChI is InChI=1S/C9H15N3OS/c1-6-11-9(14-12-6)10-5-7-3-2-4-8(7)13/h7-8,13H,2-5H2,1H3,(H,10,11,12). The number of aryl methyl sites for hydroxylation is 1. The van der Waals surface area contributed by atoms with Gasteiger partial charge in [0.2, 0.25) is 5.13 Å². The summed E-state index contributed by atoms with van der Waals surface area (Å²) in [5.41, 5.74) is 0. The lowest BCUT2D eigenvalue weighted by molar-refractivity contribution is 0.138. The van der Waals surface area contributed by atoms with Gasteiger partial charge in [0.25, 0.3) is 0 Å². The molecule has 2 unspecified atom stereocenters. The van der Waals surface area contributed by atoms with E-state index >= 15 is 0 Å². The first-order chi connectivity index (χ1) is 6.75. The number of aromatic nitrogens is 2. The highest BCUT2D eigenvalue weighted by atomic mass is 32.1. The molecule has 0 saturated heterocycles. The van der Waals surface area contributed by atoms with Crippen LogP contribution in [0.4, 0.5) is 5.13 Å². The van der Waals surface area contributed by atoms with Crippen molar-refractivity contribution >= 4 is 16.7 Å². The molecule has 0 aromatic carbocycles. The van der Waals surface area contributed by atoms with Crippen molar-refractivity contribution in [1.82, 2.24) is 9.36 Å². The molecule has 1 aliphatic rings. The van der Waals surface area contributed by atoms with Gasteiger partial charge in [-0.2, -0.15) is 4.37 Å². The molecule has 0 spiro atoms. The summed E-state index contributed by atoms with van der Waals surface area (Å²) in [6.07, 6.45) is 3.08. The lowest BCUT2D eigenvalue weighted by Gasteiger charge is -2.13. The normalized spacial score (nSPS) is 26.7. The van der Waals surface area contributed by atoms with Crippen molar-refractivity contribution < 1.29 is 5.11 Å². The molecule has 78 valence electrons. The molecule has 1 fully saturated rings. The van der Waals surface area contributed by atoms with E-state index in [1.807, 2.05) is 6.92 Å². The number of hydrogen-bond donors (Lipinski definition) is 2. The fourth-order valence-electron chi connectivity index (χ4n) is 1.84. The van der Waals surface area contributed by atoms with Gasteiger partial charge >= 0.3 is 0 Å². The molecular weight excluding hydrogens is 198 g/mol. The number of aliphatic hydroxyl groups excluding tert-OH is 1. The van der Waals surface area contributed by atoms with Crippen LogP contribution in [0.15, 0.2) is 0 Å². The summed E-state index contributed by atoms with van der Waals surface area (Å²) in [6, 6.07) is 0. The highest BCUT2D eigenvalue weighted by Crippen LogP contribution is 2.25. The summed E-state index contributed by atoms with van der Waals surface area (Å²) < 4.78 is 4.09. The van der Waals surface area contributed by atoms with Gasteiger partial charge in [-0.25, -0.2) is 4.98 Å². The Morgan fingerprint density at radius 1 is 1.57 bits per heavy atom. The van der Waals surface area contributed by atoms with Gasteiger partial charge in [-0.1, -0.05) is 6.42 Å². The van der Waals surface area contributed by atoms with Crippen LogP contribution in [0.25, 0.3) is 0 Å². The van der Waals surface area contributed by atoms with E-state index in [0.29, 0.717) is 5.92 Å². The Morgan fingerprint density at radius 3 is 3.00 bits per heavy atom. The van der Waals surface area contributed by atoms with Crippen LogP contribution in [0, 0.1) is 12.8 Å². The number of rotatable bonds is 3. The van der Waals surface area contributed by atoms with Gasteiger partial charge in [0.05, 0.1) is 6.10 Å². The monoisotopic (exact) mass is 213 g/mol. The van der Waals surface area contributed by atoms with E-state index in [1.54, 1.807) is 0 Å². The van der Waals surface area contributed by atoms with Crippen LogP contribution in [-0.4, -0.2) is 27.1 Å². The first-order valence-electron chi connectivity index (χ1n) is 4.98. The molecule has 0 radical (unpaired) electrons. The minimum Gasteiger partial charge on any atom is -0.393 e. The number of aliphatic hydroxyl groups is 1. The summed E-state index contributed by atoms with van der Waals surface area (Å²) in [4.78, 5) is 4.21. The van der Waals surface area contributed by atoms with Crippen LogP contribution in [-0.2, 0) is 0 Å². The molecule has 0 amide bonds. The first-order valence-corrected chi connectivity index (χ1v) is 5.75. The van der Waals surface area contributed by atoms with Crippen molar-refractivity contribution in [3.63, 3.8) is 0 Å². The van der Waals surface area contributed by atoms with Gasteiger partial charge in [-0.15, -0.1) is 0 Å². The molecule has 2 rings (SSSR count). The summed E-state index contributed by atoms with van der Waals surface area (Å²) in [6.45, 7) is 2.70. The lowest BCUT2D eigenvalue weighted by Crippen LogP contribution is -2.21. The Bertz CT molecular complexity index is 302. The van der Waals surface area contributed by atoms with Gasteiger partial charge < -0.3 is 10.4 Å². The van der Waals surface area contributed by atoms with Gasteiger partial charge in [0.1, 0.15) is 5.82 Å². The van der Waals surface area contributed by atoms with Gasteiger partial charge in [0.15, 0.2) is 0 Å². The SMILES string of the molecule is Cc1nsc(NCC2CCCC2O)n1. The Hall–Kier alpha value is -0.680. The minimum atomic E-state index is -0.128. The van der Waals surface area contributed by atoms with Crippen LogP contribution in [0.5, 0.6) is 0 Å². The summed E-state index contributed by atoms with van der Waals surface area (Å²) in [5, 5.41) is 13.7. The van der Waals surface area contributed by atoms with E-state index in [4.69, 9.17) is 0 Å². The fourth-order valence-corrected chi connectivity index (χ4v) is 2.42. The van der Waals surface area contributed by atoms with Crippen LogP contribution in [0.2, 0.25) is 0 Å². The van der Waals surface area contributed by atoms with Gasteiger partial charge in [0, 0.05) is 24.0 Å². The van der Waals surface area contributed by atoms with Crippen LogP contribution < -0.4 is 5.32 Å². The van der Waals surface area contributed by atoms with E-state index in [-0.39, 0.29) is 6.10 Å². The van der Waals surface area contributed by atoms with Crippen molar-refractivity contribution in [2.75, 3.05) is 11.9 Å².